The molecule has 0 aliphatic rings. The van der Waals surface area contributed by atoms with Crippen LogP contribution in [0, 0.1) is 0 Å². The summed E-state index contributed by atoms with van der Waals surface area (Å²) in [5, 5.41) is 0.841. The molecule has 1 aromatic carbocycles. The third kappa shape index (κ3) is 3.17. The van der Waals surface area contributed by atoms with E-state index >= 15 is 0 Å². The lowest BCUT2D eigenvalue weighted by atomic mass is 10.2. The van der Waals surface area contributed by atoms with Gasteiger partial charge in [-0.05, 0) is 23.0 Å². The lowest BCUT2D eigenvalue weighted by molar-refractivity contribution is 1.41. The van der Waals surface area contributed by atoms with Crippen LogP contribution in [-0.2, 0) is 16.6 Å². The first-order chi connectivity index (χ1) is 5.18. The van der Waals surface area contributed by atoms with Gasteiger partial charge < -0.3 is 0 Å². The maximum absolute atomic E-state index is 5.83. The molecule has 1 rings (SSSR count). The van der Waals surface area contributed by atoms with Crippen molar-refractivity contribution in [3.8, 4) is 0 Å². The Hall–Kier alpha value is -0.140. The van der Waals surface area contributed by atoms with E-state index < -0.39 is 0 Å². The van der Waals surface area contributed by atoms with Crippen LogP contribution in [0.4, 0.5) is 0 Å². The molecule has 0 radical (unpaired) electrons. The van der Waals surface area contributed by atoms with Crippen LogP contribution in [0.5, 0.6) is 0 Å². The van der Waals surface area contributed by atoms with E-state index in [4.69, 9.17) is 11.6 Å². The first-order valence-electron chi connectivity index (χ1n) is 3.47. The predicted octanol–water partition coefficient (Wildman–Crippen LogP) is 2.72. The maximum Gasteiger partial charge on any atom is 0.132 e. The van der Waals surface area contributed by atoms with Gasteiger partial charge in [-0.3, -0.25) is 0 Å². The van der Waals surface area contributed by atoms with Gasteiger partial charge in [0, 0.05) is 10.6 Å². The van der Waals surface area contributed by atoms with E-state index in [2.05, 4.69) is 18.6 Å². The van der Waals surface area contributed by atoms with Gasteiger partial charge in [0.05, 0.1) is 12.5 Å². The summed E-state index contributed by atoms with van der Waals surface area (Å²) in [4.78, 5) is 0. The van der Waals surface area contributed by atoms with Crippen LogP contribution in [0.2, 0.25) is 5.02 Å². The second kappa shape index (κ2) is 4.03. The summed E-state index contributed by atoms with van der Waals surface area (Å²) in [6.07, 6.45) is 4.47. The highest BCUT2D eigenvalue weighted by atomic mass is 35.5. The SMILES string of the molecule is C[S+](C)Cc1cccc(Cl)c1. The van der Waals surface area contributed by atoms with Crippen LogP contribution in [0.3, 0.4) is 0 Å². The Kier molecular flexibility index (Phi) is 3.28. The van der Waals surface area contributed by atoms with Crippen molar-refractivity contribution >= 4 is 22.5 Å². The monoisotopic (exact) mass is 187 g/mol. The maximum atomic E-state index is 5.83. The molecule has 0 unspecified atom stereocenters. The number of halogens is 1. The molecule has 0 N–H and O–H groups in total. The fraction of sp³-hybridized carbons (Fsp3) is 0.333. The molecule has 0 aliphatic carbocycles. The Labute approximate surface area is 75.9 Å². The van der Waals surface area contributed by atoms with Crippen molar-refractivity contribution in [1.29, 1.82) is 0 Å². The average molecular weight is 188 g/mol. The number of hydrogen-bond acceptors (Lipinski definition) is 0. The molecule has 0 saturated carbocycles. The van der Waals surface area contributed by atoms with Gasteiger partial charge in [-0.1, -0.05) is 23.7 Å². The molecular weight excluding hydrogens is 176 g/mol. The zero-order valence-electron chi connectivity index (χ0n) is 6.80. The Morgan fingerprint density at radius 3 is 2.64 bits per heavy atom. The summed E-state index contributed by atoms with van der Waals surface area (Å²) >= 11 is 5.83. The molecule has 0 nitrogen and oxygen atoms in total. The lowest BCUT2D eigenvalue weighted by Gasteiger charge is -1.97. The molecule has 2 heteroatoms. The van der Waals surface area contributed by atoms with Crippen molar-refractivity contribution in [3.05, 3.63) is 34.9 Å². The number of hydrogen-bond donors (Lipinski definition) is 0. The molecule has 0 fully saturated rings. The standard InChI is InChI=1S/C9H12ClS/c1-11(2)7-8-4-3-5-9(10)6-8/h3-6H,7H2,1-2H3/q+1. The van der Waals surface area contributed by atoms with Crippen molar-refractivity contribution in [1.82, 2.24) is 0 Å². The summed E-state index contributed by atoms with van der Waals surface area (Å²) in [5.41, 5.74) is 1.34. The molecule has 0 aromatic heterocycles. The van der Waals surface area contributed by atoms with Crippen LogP contribution in [0.25, 0.3) is 0 Å². The van der Waals surface area contributed by atoms with Gasteiger partial charge in [0.15, 0.2) is 0 Å². The average Bonchev–Trinajstić information content (AvgIpc) is 1.85. The summed E-state index contributed by atoms with van der Waals surface area (Å²) in [5.74, 6) is 1.14. The summed E-state index contributed by atoms with van der Waals surface area (Å²) in [7, 11) is 0.467. The molecule has 0 amide bonds. The van der Waals surface area contributed by atoms with E-state index in [1.807, 2.05) is 18.2 Å². The Morgan fingerprint density at radius 1 is 1.36 bits per heavy atom. The summed E-state index contributed by atoms with van der Waals surface area (Å²) in [6, 6.07) is 8.08. The third-order valence-corrected chi connectivity index (χ3v) is 2.49. The molecule has 0 spiro atoms. The van der Waals surface area contributed by atoms with Crippen molar-refractivity contribution in [2.24, 2.45) is 0 Å². The molecule has 0 bridgehead atoms. The quantitative estimate of drug-likeness (QED) is 0.625. The summed E-state index contributed by atoms with van der Waals surface area (Å²) in [6.45, 7) is 0. The Morgan fingerprint density at radius 2 is 2.09 bits per heavy atom. The summed E-state index contributed by atoms with van der Waals surface area (Å²) < 4.78 is 0. The van der Waals surface area contributed by atoms with E-state index in [0.29, 0.717) is 10.9 Å². The van der Waals surface area contributed by atoms with Crippen LogP contribution >= 0.6 is 11.6 Å². The molecule has 0 heterocycles. The fourth-order valence-corrected chi connectivity index (χ4v) is 2.02. The largest absolute Gasteiger partial charge is 0.132 e. The van der Waals surface area contributed by atoms with Gasteiger partial charge in [0.25, 0.3) is 0 Å². The van der Waals surface area contributed by atoms with Gasteiger partial charge in [-0.15, -0.1) is 0 Å². The molecular formula is C9H12ClS+. The van der Waals surface area contributed by atoms with E-state index in [9.17, 15) is 0 Å². The van der Waals surface area contributed by atoms with E-state index in [1.165, 1.54) is 5.56 Å². The number of benzene rings is 1. The molecule has 1 aromatic rings. The minimum atomic E-state index is 0.467. The van der Waals surface area contributed by atoms with Gasteiger partial charge in [-0.2, -0.15) is 0 Å². The second-order valence-corrected chi connectivity index (χ2v) is 5.46. The van der Waals surface area contributed by atoms with Crippen LogP contribution in [-0.4, -0.2) is 12.5 Å². The van der Waals surface area contributed by atoms with Crippen molar-refractivity contribution in [2.75, 3.05) is 12.5 Å². The van der Waals surface area contributed by atoms with Gasteiger partial charge >= 0.3 is 0 Å². The third-order valence-electron chi connectivity index (χ3n) is 1.34. The highest BCUT2D eigenvalue weighted by molar-refractivity contribution is 7.94. The van der Waals surface area contributed by atoms with Crippen molar-refractivity contribution in [2.45, 2.75) is 5.75 Å². The van der Waals surface area contributed by atoms with Gasteiger partial charge in [0.1, 0.15) is 5.75 Å². The molecule has 0 atom stereocenters. The highest BCUT2D eigenvalue weighted by Gasteiger charge is 2.03. The Balaban J connectivity index is 2.71. The molecule has 0 aliphatic heterocycles. The molecule has 60 valence electrons. The van der Waals surface area contributed by atoms with E-state index in [-0.39, 0.29) is 0 Å². The molecule has 11 heavy (non-hydrogen) atoms. The van der Waals surface area contributed by atoms with E-state index in [0.717, 1.165) is 10.8 Å². The normalized spacial score (nSPS) is 10.5. The predicted molar refractivity (Wildman–Crippen MR) is 54.4 cm³/mol. The Bertz CT molecular complexity index is 233. The first kappa shape index (κ1) is 8.95. The zero-order valence-corrected chi connectivity index (χ0v) is 8.38. The molecule has 0 saturated heterocycles. The topological polar surface area (TPSA) is 0 Å². The minimum Gasteiger partial charge on any atom is -0.0843 e. The van der Waals surface area contributed by atoms with Gasteiger partial charge in [0.2, 0.25) is 0 Å². The van der Waals surface area contributed by atoms with Crippen LogP contribution in [0.15, 0.2) is 24.3 Å². The number of rotatable bonds is 2. The second-order valence-electron chi connectivity index (χ2n) is 2.76. The lowest BCUT2D eigenvalue weighted by Crippen LogP contribution is -1.98. The van der Waals surface area contributed by atoms with Gasteiger partial charge in [-0.25, -0.2) is 0 Å². The minimum absolute atomic E-state index is 0.467. The van der Waals surface area contributed by atoms with Crippen molar-refractivity contribution in [3.63, 3.8) is 0 Å². The van der Waals surface area contributed by atoms with Crippen LogP contribution < -0.4 is 0 Å². The van der Waals surface area contributed by atoms with Crippen molar-refractivity contribution < 1.29 is 0 Å². The first-order valence-corrected chi connectivity index (χ1v) is 6.06. The fourth-order valence-electron chi connectivity index (χ4n) is 0.960. The smallest absolute Gasteiger partial charge is 0.0843 e. The zero-order chi connectivity index (χ0) is 8.27. The highest BCUT2D eigenvalue weighted by Crippen LogP contribution is 2.12. The van der Waals surface area contributed by atoms with Crippen LogP contribution in [0.1, 0.15) is 5.56 Å². The van der Waals surface area contributed by atoms with E-state index in [1.54, 1.807) is 0 Å².